The number of carboxylic acid groups (broad SMARTS) is 1. The molecule has 2 rings (SSSR count). The zero-order valence-electron chi connectivity index (χ0n) is 10.7. The number of hydrogen-bond donors (Lipinski definition) is 1. The third-order valence-electron chi connectivity index (χ3n) is 3.50. The summed E-state index contributed by atoms with van der Waals surface area (Å²) in [6, 6.07) is 6.94. The minimum Gasteiger partial charge on any atom is -0.478 e. The summed E-state index contributed by atoms with van der Waals surface area (Å²) in [5.74, 6) is -1.49. The normalized spacial score (nSPS) is 19.8. The average Bonchev–Trinajstić information content (AvgIpc) is 2.36. The zero-order valence-corrected chi connectivity index (χ0v) is 11.4. The Balaban J connectivity index is 2.51. The molecule has 0 fully saturated rings. The lowest BCUT2D eigenvalue weighted by Crippen LogP contribution is -2.35. The van der Waals surface area contributed by atoms with Crippen LogP contribution in [0.2, 0.25) is 5.02 Å². The Morgan fingerprint density at radius 2 is 1.95 bits per heavy atom. The zero-order chi connectivity index (χ0) is 14.2. The third kappa shape index (κ3) is 2.49. The molecule has 0 saturated heterocycles. The van der Waals surface area contributed by atoms with E-state index in [0.717, 1.165) is 5.56 Å². The number of hydrogen-bond acceptors (Lipinski definition) is 2. The van der Waals surface area contributed by atoms with Gasteiger partial charge in [-0.1, -0.05) is 23.7 Å². The molecule has 1 amide bonds. The highest BCUT2D eigenvalue weighted by molar-refractivity contribution is 6.30. The molecule has 4 nitrogen and oxygen atoms in total. The lowest BCUT2D eigenvalue weighted by Gasteiger charge is -2.31. The van der Waals surface area contributed by atoms with Crippen LogP contribution in [0.25, 0.3) is 0 Å². The molecule has 1 aliphatic rings. The van der Waals surface area contributed by atoms with Crippen LogP contribution < -0.4 is 0 Å². The Kier molecular flexibility index (Phi) is 3.62. The number of rotatable bonds is 2. The molecule has 0 aromatic heterocycles. The van der Waals surface area contributed by atoms with E-state index < -0.39 is 11.9 Å². The summed E-state index contributed by atoms with van der Waals surface area (Å²) in [6.07, 6.45) is 0.164. The van der Waals surface area contributed by atoms with Crippen molar-refractivity contribution in [3.8, 4) is 0 Å². The maximum atomic E-state index is 11.9. The fourth-order valence-corrected chi connectivity index (χ4v) is 2.44. The van der Waals surface area contributed by atoms with Gasteiger partial charge in [0.25, 0.3) is 0 Å². The Bertz CT molecular complexity index is 563. The topological polar surface area (TPSA) is 57.6 Å². The van der Waals surface area contributed by atoms with Gasteiger partial charge >= 0.3 is 5.97 Å². The van der Waals surface area contributed by atoms with Crippen molar-refractivity contribution in [2.45, 2.75) is 19.3 Å². The van der Waals surface area contributed by atoms with Crippen molar-refractivity contribution >= 4 is 23.5 Å². The average molecular weight is 280 g/mol. The van der Waals surface area contributed by atoms with E-state index in [1.165, 1.54) is 4.90 Å². The molecule has 0 radical (unpaired) electrons. The van der Waals surface area contributed by atoms with Crippen molar-refractivity contribution in [1.29, 1.82) is 0 Å². The lowest BCUT2D eigenvalue weighted by molar-refractivity contribution is -0.134. The Hall–Kier alpha value is -1.81. The quantitative estimate of drug-likeness (QED) is 0.905. The van der Waals surface area contributed by atoms with E-state index in [1.807, 2.05) is 0 Å². The van der Waals surface area contributed by atoms with Crippen LogP contribution in [0.15, 0.2) is 35.5 Å². The van der Waals surface area contributed by atoms with Gasteiger partial charge in [-0.3, -0.25) is 4.79 Å². The second-order valence-electron chi connectivity index (χ2n) is 4.57. The number of allylic oxidation sites excluding steroid dienone is 1. The molecular weight excluding hydrogens is 266 g/mol. The summed E-state index contributed by atoms with van der Waals surface area (Å²) in [6.45, 7) is 1.66. The Morgan fingerprint density at radius 3 is 2.47 bits per heavy atom. The fourth-order valence-electron chi connectivity index (χ4n) is 2.32. The molecule has 0 bridgehead atoms. The van der Waals surface area contributed by atoms with Gasteiger partial charge in [-0.25, -0.2) is 4.79 Å². The van der Waals surface area contributed by atoms with E-state index in [2.05, 4.69) is 0 Å². The monoisotopic (exact) mass is 279 g/mol. The number of halogens is 1. The van der Waals surface area contributed by atoms with Crippen molar-refractivity contribution < 1.29 is 14.7 Å². The number of amides is 1. The van der Waals surface area contributed by atoms with Crippen molar-refractivity contribution in [3.63, 3.8) is 0 Å². The van der Waals surface area contributed by atoms with Gasteiger partial charge < -0.3 is 10.0 Å². The van der Waals surface area contributed by atoms with Crippen LogP contribution in [0.3, 0.4) is 0 Å². The molecule has 0 spiro atoms. The molecule has 1 atom stereocenters. The van der Waals surface area contributed by atoms with Gasteiger partial charge in [-0.05, 0) is 24.6 Å². The Morgan fingerprint density at radius 1 is 1.37 bits per heavy atom. The predicted octanol–water partition coefficient (Wildman–Crippen LogP) is 2.64. The largest absolute Gasteiger partial charge is 0.478 e. The van der Waals surface area contributed by atoms with Crippen molar-refractivity contribution in [3.05, 3.63) is 46.1 Å². The minimum atomic E-state index is -0.989. The van der Waals surface area contributed by atoms with E-state index in [4.69, 9.17) is 11.6 Å². The van der Waals surface area contributed by atoms with Crippen molar-refractivity contribution in [2.75, 3.05) is 7.05 Å². The molecule has 0 saturated carbocycles. The van der Waals surface area contributed by atoms with Gasteiger partial charge in [0.1, 0.15) is 0 Å². The van der Waals surface area contributed by atoms with Gasteiger partial charge in [-0.15, -0.1) is 0 Å². The van der Waals surface area contributed by atoms with Crippen LogP contribution in [0.1, 0.15) is 24.8 Å². The molecule has 1 N–H and O–H groups in total. The second-order valence-corrected chi connectivity index (χ2v) is 5.00. The van der Waals surface area contributed by atoms with Crippen molar-refractivity contribution in [1.82, 2.24) is 4.90 Å². The third-order valence-corrected chi connectivity index (χ3v) is 3.75. The van der Waals surface area contributed by atoms with Crippen LogP contribution in [-0.2, 0) is 9.59 Å². The highest BCUT2D eigenvalue weighted by atomic mass is 35.5. The van der Waals surface area contributed by atoms with Crippen LogP contribution in [0.5, 0.6) is 0 Å². The summed E-state index contributed by atoms with van der Waals surface area (Å²) in [4.78, 5) is 24.7. The summed E-state index contributed by atoms with van der Waals surface area (Å²) < 4.78 is 0. The smallest absolute Gasteiger partial charge is 0.333 e. The number of nitrogens with zero attached hydrogens (tertiary/aromatic N) is 1. The number of carboxylic acids is 1. The van der Waals surface area contributed by atoms with Crippen molar-refractivity contribution in [2.24, 2.45) is 0 Å². The Labute approximate surface area is 116 Å². The first-order valence-electron chi connectivity index (χ1n) is 5.88. The molecule has 1 aromatic carbocycles. The van der Waals surface area contributed by atoms with E-state index in [1.54, 1.807) is 38.2 Å². The van der Waals surface area contributed by atoms with E-state index in [9.17, 15) is 14.7 Å². The van der Waals surface area contributed by atoms with Crippen LogP contribution >= 0.6 is 11.6 Å². The maximum Gasteiger partial charge on any atom is 0.333 e. The van der Waals surface area contributed by atoms with Crippen LogP contribution in [0.4, 0.5) is 0 Å². The number of carbonyl (C=O) groups excluding carboxylic acids is 1. The molecule has 5 heteroatoms. The number of aliphatic carboxylic acids is 1. The van der Waals surface area contributed by atoms with Crippen LogP contribution in [0, 0.1) is 0 Å². The molecule has 100 valence electrons. The molecule has 0 aliphatic carbocycles. The first-order valence-corrected chi connectivity index (χ1v) is 6.25. The first kappa shape index (κ1) is 13.6. The SMILES string of the molecule is CC1=C(C(=O)O)C(c2ccc(Cl)cc2)CC(=O)N1C. The number of benzene rings is 1. The molecule has 19 heavy (non-hydrogen) atoms. The van der Waals surface area contributed by atoms with E-state index in [-0.39, 0.29) is 17.9 Å². The highest BCUT2D eigenvalue weighted by Crippen LogP contribution is 2.36. The van der Waals surface area contributed by atoms with Gasteiger partial charge in [-0.2, -0.15) is 0 Å². The number of carbonyl (C=O) groups is 2. The summed E-state index contributed by atoms with van der Waals surface area (Å²) in [5, 5.41) is 9.96. The summed E-state index contributed by atoms with van der Waals surface area (Å²) >= 11 is 5.83. The molecular formula is C14H14ClNO3. The standard InChI is InChI=1S/C14H14ClNO3/c1-8-13(14(18)19)11(7-12(17)16(8)2)9-3-5-10(15)6-4-9/h3-6,11H,7H2,1-2H3,(H,18,19). The summed E-state index contributed by atoms with van der Waals surface area (Å²) in [5.41, 5.74) is 1.55. The fraction of sp³-hybridized carbons (Fsp3) is 0.286. The minimum absolute atomic E-state index is 0.0811. The van der Waals surface area contributed by atoms with Gasteiger partial charge in [0.2, 0.25) is 5.91 Å². The second kappa shape index (κ2) is 5.05. The van der Waals surface area contributed by atoms with E-state index in [0.29, 0.717) is 10.7 Å². The van der Waals surface area contributed by atoms with Gasteiger partial charge in [0.15, 0.2) is 0 Å². The van der Waals surface area contributed by atoms with Gasteiger partial charge in [0, 0.05) is 30.1 Å². The maximum absolute atomic E-state index is 11.9. The summed E-state index contributed by atoms with van der Waals surface area (Å²) in [7, 11) is 1.60. The molecule has 1 unspecified atom stereocenters. The van der Waals surface area contributed by atoms with Gasteiger partial charge in [0.05, 0.1) is 5.57 Å². The lowest BCUT2D eigenvalue weighted by atomic mass is 9.84. The molecule has 1 aliphatic heterocycles. The first-order chi connectivity index (χ1) is 8.91. The van der Waals surface area contributed by atoms with Crippen LogP contribution in [-0.4, -0.2) is 28.9 Å². The highest BCUT2D eigenvalue weighted by Gasteiger charge is 2.34. The molecule has 1 heterocycles. The predicted molar refractivity (Wildman–Crippen MR) is 71.9 cm³/mol. The van der Waals surface area contributed by atoms with E-state index >= 15 is 0 Å². The molecule has 1 aromatic rings.